The van der Waals surface area contributed by atoms with Crippen molar-refractivity contribution in [2.45, 2.75) is 6.92 Å². The minimum atomic E-state index is -0.322. The molecule has 14 heavy (non-hydrogen) atoms. The molecule has 1 rings (SSSR count). The Hall–Kier alpha value is -1.77. The van der Waals surface area contributed by atoms with Crippen molar-refractivity contribution in [3.63, 3.8) is 0 Å². The second-order valence-electron chi connectivity index (χ2n) is 2.53. The van der Waals surface area contributed by atoms with Crippen LogP contribution in [0.2, 0.25) is 0 Å². The van der Waals surface area contributed by atoms with Crippen LogP contribution in [0.25, 0.3) is 0 Å². The average molecular weight is 192 g/mol. The van der Waals surface area contributed by atoms with Gasteiger partial charge in [0.2, 0.25) is 0 Å². The van der Waals surface area contributed by atoms with E-state index in [0.717, 1.165) is 0 Å². The molecule has 1 aromatic rings. The van der Waals surface area contributed by atoms with E-state index in [-0.39, 0.29) is 5.97 Å². The molecule has 0 aliphatic carbocycles. The lowest BCUT2D eigenvalue weighted by Crippen LogP contribution is -2.03. The van der Waals surface area contributed by atoms with Crippen LogP contribution in [0.4, 0.5) is 0 Å². The Kier molecular flexibility index (Phi) is 3.73. The predicted molar refractivity (Wildman–Crippen MR) is 53.2 cm³/mol. The van der Waals surface area contributed by atoms with E-state index in [4.69, 9.17) is 9.47 Å². The highest BCUT2D eigenvalue weighted by molar-refractivity contribution is 5.89. The quantitative estimate of drug-likeness (QED) is 0.542. The van der Waals surface area contributed by atoms with Crippen LogP contribution in [-0.4, -0.2) is 12.6 Å². The van der Waals surface area contributed by atoms with E-state index in [1.165, 1.54) is 6.26 Å². The zero-order valence-electron chi connectivity index (χ0n) is 8.03. The summed E-state index contributed by atoms with van der Waals surface area (Å²) in [6.45, 7) is 5.58. The number of esters is 1. The molecule has 0 aliphatic heterocycles. The summed E-state index contributed by atoms with van der Waals surface area (Å²) in [7, 11) is 0. The van der Waals surface area contributed by atoms with E-state index in [2.05, 4.69) is 6.58 Å². The number of hydrogen-bond donors (Lipinski definition) is 0. The lowest BCUT2D eigenvalue weighted by Gasteiger charge is -2.02. The zero-order chi connectivity index (χ0) is 10.4. The van der Waals surface area contributed by atoms with Crippen molar-refractivity contribution in [3.05, 3.63) is 42.7 Å². The van der Waals surface area contributed by atoms with Gasteiger partial charge in [-0.05, 0) is 31.2 Å². The monoisotopic (exact) mass is 192 g/mol. The Morgan fingerprint density at radius 1 is 1.43 bits per heavy atom. The van der Waals surface area contributed by atoms with Crippen LogP contribution in [0.1, 0.15) is 17.3 Å². The van der Waals surface area contributed by atoms with Gasteiger partial charge in [0.1, 0.15) is 5.75 Å². The topological polar surface area (TPSA) is 35.5 Å². The number of benzene rings is 1. The number of rotatable bonds is 4. The maximum absolute atomic E-state index is 11.2. The van der Waals surface area contributed by atoms with Crippen LogP contribution in [0.15, 0.2) is 37.1 Å². The summed E-state index contributed by atoms with van der Waals surface area (Å²) in [6, 6.07) is 6.68. The third-order valence-corrected chi connectivity index (χ3v) is 1.58. The Morgan fingerprint density at radius 3 is 2.57 bits per heavy atom. The average Bonchev–Trinajstić information content (AvgIpc) is 2.20. The van der Waals surface area contributed by atoms with Gasteiger partial charge < -0.3 is 9.47 Å². The minimum absolute atomic E-state index is 0.322. The highest BCUT2D eigenvalue weighted by Gasteiger charge is 2.04. The van der Waals surface area contributed by atoms with Crippen LogP contribution in [0.3, 0.4) is 0 Å². The number of hydrogen-bond acceptors (Lipinski definition) is 3. The van der Waals surface area contributed by atoms with Crippen LogP contribution in [0.5, 0.6) is 5.75 Å². The molecule has 3 heteroatoms. The zero-order valence-corrected chi connectivity index (χ0v) is 8.03. The highest BCUT2D eigenvalue weighted by Crippen LogP contribution is 2.12. The van der Waals surface area contributed by atoms with Gasteiger partial charge >= 0.3 is 5.97 Å². The summed E-state index contributed by atoms with van der Waals surface area (Å²) in [5, 5.41) is 0. The molecule has 0 saturated heterocycles. The molecule has 0 heterocycles. The van der Waals surface area contributed by atoms with Crippen LogP contribution < -0.4 is 4.74 Å². The molecular formula is C11H12O3. The van der Waals surface area contributed by atoms with Crippen molar-refractivity contribution < 1.29 is 14.3 Å². The van der Waals surface area contributed by atoms with Gasteiger partial charge in [-0.1, -0.05) is 6.58 Å². The van der Waals surface area contributed by atoms with Gasteiger partial charge in [0.15, 0.2) is 0 Å². The second kappa shape index (κ2) is 5.07. The molecule has 0 fully saturated rings. The van der Waals surface area contributed by atoms with E-state index in [0.29, 0.717) is 17.9 Å². The van der Waals surface area contributed by atoms with Crippen molar-refractivity contribution in [2.75, 3.05) is 6.61 Å². The van der Waals surface area contributed by atoms with E-state index in [1.54, 1.807) is 31.2 Å². The second-order valence-corrected chi connectivity index (χ2v) is 2.53. The van der Waals surface area contributed by atoms with Crippen LogP contribution in [-0.2, 0) is 4.74 Å². The van der Waals surface area contributed by atoms with Gasteiger partial charge in [-0.2, -0.15) is 0 Å². The molecule has 0 radical (unpaired) electrons. The smallest absolute Gasteiger partial charge is 0.338 e. The van der Waals surface area contributed by atoms with Crippen molar-refractivity contribution in [1.29, 1.82) is 0 Å². The maximum Gasteiger partial charge on any atom is 0.338 e. The van der Waals surface area contributed by atoms with Gasteiger partial charge in [0.05, 0.1) is 18.4 Å². The minimum Gasteiger partial charge on any atom is -0.466 e. The highest BCUT2D eigenvalue weighted by atomic mass is 16.5. The molecule has 0 N–H and O–H groups in total. The molecule has 0 atom stereocenters. The predicted octanol–water partition coefficient (Wildman–Crippen LogP) is 2.39. The number of ether oxygens (including phenoxy) is 2. The first-order valence-corrected chi connectivity index (χ1v) is 4.32. The van der Waals surface area contributed by atoms with Gasteiger partial charge in [-0.3, -0.25) is 0 Å². The lowest BCUT2D eigenvalue weighted by molar-refractivity contribution is 0.0526. The van der Waals surface area contributed by atoms with Gasteiger partial charge in [-0.15, -0.1) is 0 Å². The van der Waals surface area contributed by atoms with Crippen molar-refractivity contribution in [1.82, 2.24) is 0 Å². The van der Waals surface area contributed by atoms with E-state index >= 15 is 0 Å². The molecular weight excluding hydrogens is 180 g/mol. The lowest BCUT2D eigenvalue weighted by atomic mass is 10.2. The summed E-state index contributed by atoms with van der Waals surface area (Å²) in [5.41, 5.74) is 0.517. The standard InChI is InChI=1S/C11H12O3/c1-3-13-10-7-5-9(6-8-10)11(12)14-4-2/h3,5-8H,1,4H2,2H3. The first-order valence-electron chi connectivity index (χ1n) is 4.32. The number of carbonyl (C=O) groups is 1. The molecule has 0 spiro atoms. The van der Waals surface area contributed by atoms with Crippen LogP contribution in [0, 0.1) is 0 Å². The summed E-state index contributed by atoms with van der Waals surface area (Å²) >= 11 is 0. The normalized spacial score (nSPS) is 9.21. The molecule has 0 saturated carbocycles. The fraction of sp³-hybridized carbons (Fsp3) is 0.182. The summed E-state index contributed by atoms with van der Waals surface area (Å²) in [5.74, 6) is 0.325. The molecule has 74 valence electrons. The SMILES string of the molecule is C=COc1ccc(C(=O)OCC)cc1. The molecule has 0 aromatic heterocycles. The Morgan fingerprint density at radius 2 is 2.07 bits per heavy atom. The Bertz CT molecular complexity index is 314. The summed E-state index contributed by atoms with van der Waals surface area (Å²) < 4.78 is 9.84. The van der Waals surface area contributed by atoms with Crippen LogP contribution >= 0.6 is 0 Å². The first-order chi connectivity index (χ1) is 6.77. The molecule has 0 aliphatic rings. The summed E-state index contributed by atoms with van der Waals surface area (Å²) in [6.07, 6.45) is 1.33. The van der Waals surface area contributed by atoms with Gasteiger partial charge in [0.25, 0.3) is 0 Å². The fourth-order valence-electron chi connectivity index (χ4n) is 0.980. The Balaban J connectivity index is 2.72. The van der Waals surface area contributed by atoms with E-state index in [9.17, 15) is 4.79 Å². The van der Waals surface area contributed by atoms with Crippen molar-refractivity contribution in [2.24, 2.45) is 0 Å². The van der Waals surface area contributed by atoms with Gasteiger partial charge in [0, 0.05) is 0 Å². The molecule has 1 aromatic carbocycles. The summed E-state index contributed by atoms with van der Waals surface area (Å²) in [4.78, 5) is 11.2. The molecule has 0 unspecified atom stereocenters. The third-order valence-electron chi connectivity index (χ3n) is 1.58. The Labute approximate surface area is 83.0 Å². The van der Waals surface area contributed by atoms with Gasteiger partial charge in [-0.25, -0.2) is 4.79 Å². The molecule has 0 amide bonds. The van der Waals surface area contributed by atoms with Crippen molar-refractivity contribution in [3.8, 4) is 5.75 Å². The number of carbonyl (C=O) groups excluding carboxylic acids is 1. The maximum atomic E-state index is 11.2. The third kappa shape index (κ3) is 2.62. The first kappa shape index (κ1) is 10.3. The van der Waals surface area contributed by atoms with E-state index in [1.807, 2.05) is 0 Å². The van der Waals surface area contributed by atoms with E-state index < -0.39 is 0 Å². The fourth-order valence-corrected chi connectivity index (χ4v) is 0.980. The van der Waals surface area contributed by atoms with Crippen molar-refractivity contribution >= 4 is 5.97 Å². The largest absolute Gasteiger partial charge is 0.466 e. The molecule has 3 nitrogen and oxygen atoms in total. The molecule has 0 bridgehead atoms.